The molecule has 0 aromatic carbocycles. The van der Waals surface area contributed by atoms with E-state index in [1.54, 1.807) is 13.8 Å². The Bertz CT molecular complexity index is 249. The number of alkyl halides is 3. The van der Waals surface area contributed by atoms with Crippen LogP contribution in [0.2, 0.25) is 0 Å². The first-order valence-corrected chi connectivity index (χ1v) is 5.39. The molecular formula is C10H17F3N2O. The fraction of sp³-hybridized carbons (Fsp3) is 0.900. The largest absolute Gasteiger partial charge is 0.406 e. The van der Waals surface area contributed by atoms with Crippen molar-refractivity contribution in [3.8, 4) is 0 Å². The Morgan fingerprint density at radius 1 is 1.44 bits per heavy atom. The number of amides is 1. The molecule has 1 saturated carbocycles. The Morgan fingerprint density at radius 2 is 2.00 bits per heavy atom. The molecule has 16 heavy (non-hydrogen) atoms. The van der Waals surface area contributed by atoms with Crippen molar-refractivity contribution >= 4 is 5.91 Å². The summed E-state index contributed by atoms with van der Waals surface area (Å²) in [5.41, 5.74) is 0. The molecule has 1 aliphatic carbocycles. The normalized spacial score (nSPS) is 16.6. The zero-order valence-electron chi connectivity index (χ0n) is 9.47. The lowest BCUT2D eigenvalue weighted by Gasteiger charge is -2.27. The lowest BCUT2D eigenvalue weighted by Crippen LogP contribution is -2.47. The molecule has 0 aromatic heterocycles. The van der Waals surface area contributed by atoms with Gasteiger partial charge >= 0.3 is 6.18 Å². The molecule has 1 fully saturated rings. The van der Waals surface area contributed by atoms with Gasteiger partial charge < -0.3 is 10.2 Å². The Labute approximate surface area is 93.0 Å². The summed E-state index contributed by atoms with van der Waals surface area (Å²) in [7, 11) is 0. The number of rotatable bonds is 5. The highest BCUT2D eigenvalue weighted by Gasteiger charge is 2.34. The van der Waals surface area contributed by atoms with Gasteiger partial charge in [-0.3, -0.25) is 4.79 Å². The highest BCUT2D eigenvalue weighted by molar-refractivity contribution is 5.78. The molecule has 0 aromatic rings. The number of carbonyl (C=O) groups is 1. The molecule has 6 heteroatoms. The van der Waals surface area contributed by atoms with E-state index in [9.17, 15) is 18.0 Å². The molecule has 1 aliphatic rings. The summed E-state index contributed by atoms with van der Waals surface area (Å²) < 4.78 is 36.7. The van der Waals surface area contributed by atoms with Gasteiger partial charge in [-0.25, -0.2) is 0 Å². The van der Waals surface area contributed by atoms with Crippen molar-refractivity contribution in [2.24, 2.45) is 0 Å². The molecule has 1 rings (SSSR count). The molecule has 0 unspecified atom stereocenters. The first-order chi connectivity index (χ1) is 7.29. The third-order valence-electron chi connectivity index (χ3n) is 2.41. The maximum Gasteiger partial charge on any atom is 0.406 e. The third kappa shape index (κ3) is 4.83. The summed E-state index contributed by atoms with van der Waals surface area (Å²) >= 11 is 0. The molecule has 0 saturated heterocycles. The van der Waals surface area contributed by atoms with Crippen LogP contribution in [-0.4, -0.2) is 42.2 Å². The predicted octanol–water partition coefficient (Wildman–Crippen LogP) is 1.54. The topological polar surface area (TPSA) is 32.3 Å². The van der Waals surface area contributed by atoms with Crippen molar-refractivity contribution < 1.29 is 18.0 Å². The van der Waals surface area contributed by atoms with Crippen LogP contribution >= 0.6 is 0 Å². The van der Waals surface area contributed by atoms with Crippen LogP contribution in [0.15, 0.2) is 0 Å². The number of nitrogens with zero attached hydrogens (tertiary/aromatic N) is 1. The van der Waals surface area contributed by atoms with E-state index in [2.05, 4.69) is 5.32 Å². The second-order valence-corrected chi connectivity index (χ2v) is 4.39. The van der Waals surface area contributed by atoms with E-state index in [0.29, 0.717) is 6.04 Å². The van der Waals surface area contributed by atoms with E-state index < -0.39 is 24.7 Å². The minimum Gasteiger partial charge on any atom is -0.330 e. The maximum atomic E-state index is 12.2. The number of nitrogens with one attached hydrogen (secondary N) is 1. The van der Waals surface area contributed by atoms with Crippen LogP contribution in [0.3, 0.4) is 0 Å². The molecule has 3 nitrogen and oxygen atoms in total. The van der Waals surface area contributed by atoms with Crippen LogP contribution < -0.4 is 5.32 Å². The molecule has 94 valence electrons. The molecule has 1 amide bonds. The first-order valence-electron chi connectivity index (χ1n) is 5.39. The second kappa shape index (κ2) is 5.03. The van der Waals surface area contributed by atoms with Gasteiger partial charge in [-0.2, -0.15) is 13.2 Å². The van der Waals surface area contributed by atoms with Crippen LogP contribution in [0.1, 0.15) is 26.7 Å². The fourth-order valence-electron chi connectivity index (χ4n) is 1.37. The van der Waals surface area contributed by atoms with Crippen LogP contribution in [0.25, 0.3) is 0 Å². The molecular weight excluding hydrogens is 221 g/mol. The Hall–Kier alpha value is -0.780. The average Bonchev–Trinajstić information content (AvgIpc) is 2.92. The van der Waals surface area contributed by atoms with E-state index in [-0.39, 0.29) is 6.54 Å². The summed E-state index contributed by atoms with van der Waals surface area (Å²) in [6, 6.07) is -0.112. The van der Waals surface area contributed by atoms with Gasteiger partial charge in [0, 0.05) is 12.1 Å². The van der Waals surface area contributed by atoms with Gasteiger partial charge in [-0.05, 0) is 26.7 Å². The van der Waals surface area contributed by atoms with Crippen LogP contribution in [0, 0.1) is 0 Å². The number of carbonyl (C=O) groups excluding carboxylic acids is 1. The monoisotopic (exact) mass is 238 g/mol. The quantitative estimate of drug-likeness (QED) is 0.788. The standard InChI is InChI=1S/C10H17F3N2O/c1-7(2)15(6-10(11,12)13)9(16)5-14-8-3-4-8/h7-8,14H,3-6H2,1-2H3. The Kier molecular flexibility index (Phi) is 4.18. The molecule has 0 spiro atoms. The lowest BCUT2D eigenvalue weighted by atomic mass is 10.3. The van der Waals surface area contributed by atoms with E-state index in [0.717, 1.165) is 17.7 Å². The van der Waals surface area contributed by atoms with Gasteiger partial charge in [0.15, 0.2) is 0 Å². The van der Waals surface area contributed by atoms with Gasteiger partial charge in [-0.1, -0.05) is 0 Å². The van der Waals surface area contributed by atoms with Gasteiger partial charge in [0.2, 0.25) is 5.91 Å². The number of hydrogen-bond donors (Lipinski definition) is 1. The summed E-state index contributed by atoms with van der Waals surface area (Å²) in [4.78, 5) is 12.4. The van der Waals surface area contributed by atoms with Crippen molar-refractivity contribution in [2.75, 3.05) is 13.1 Å². The van der Waals surface area contributed by atoms with Crippen molar-refractivity contribution in [1.29, 1.82) is 0 Å². The van der Waals surface area contributed by atoms with Gasteiger partial charge in [-0.15, -0.1) is 0 Å². The van der Waals surface area contributed by atoms with E-state index >= 15 is 0 Å². The molecule has 0 bridgehead atoms. The maximum absolute atomic E-state index is 12.2. The Morgan fingerprint density at radius 3 is 2.38 bits per heavy atom. The Balaban J connectivity index is 2.43. The van der Waals surface area contributed by atoms with Crippen molar-refractivity contribution in [1.82, 2.24) is 10.2 Å². The zero-order chi connectivity index (χ0) is 12.3. The van der Waals surface area contributed by atoms with E-state index in [1.807, 2.05) is 0 Å². The summed E-state index contributed by atoms with van der Waals surface area (Å²) in [5, 5.41) is 2.92. The molecule has 1 N–H and O–H groups in total. The highest BCUT2D eigenvalue weighted by Crippen LogP contribution is 2.20. The summed E-state index contributed by atoms with van der Waals surface area (Å²) in [5.74, 6) is -0.487. The first kappa shape index (κ1) is 13.3. The highest BCUT2D eigenvalue weighted by atomic mass is 19.4. The predicted molar refractivity (Wildman–Crippen MR) is 53.9 cm³/mol. The van der Waals surface area contributed by atoms with Crippen LogP contribution in [0.5, 0.6) is 0 Å². The zero-order valence-corrected chi connectivity index (χ0v) is 9.47. The average molecular weight is 238 g/mol. The summed E-state index contributed by atoms with van der Waals surface area (Å²) in [6.07, 6.45) is -2.32. The van der Waals surface area contributed by atoms with Gasteiger partial charge in [0.25, 0.3) is 0 Å². The number of hydrogen-bond acceptors (Lipinski definition) is 2. The van der Waals surface area contributed by atoms with Crippen LogP contribution in [-0.2, 0) is 4.79 Å². The van der Waals surface area contributed by atoms with Crippen LogP contribution in [0.4, 0.5) is 13.2 Å². The summed E-state index contributed by atoms with van der Waals surface area (Å²) in [6.45, 7) is 2.00. The lowest BCUT2D eigenvalue weighted by molar-refractivity contribution is -0.164. The number of halogens is 3. The molecule has 0 radical (unpaired) electrons. The minimum atomic E-state index is -4.33. The molecule has 0 heterocycles. The van der Waals surface area contributed by atoms with E-state index in [1.165, 1.54) is 0 Å². The van der Waals surface area contributed by atoms with Crippen molar-refractivity contribution in [3.05, 3.63) is 0 Å². The van der Waals surface area contributed by atoms with Crippen molar-refractivity contribution in [2.45, 2.75) is 44.9 Å². The fourth-order valence-corrected chi connectivity index (χ4v) is 1.37. The van der Waals surface area contributed by atoms with Crippen molar-refractivity contribution in [3.63, 3.8) is 0 Å². The van der Waals surface area contributed by atoms with Gasteiger partial charge in [0.1, 0.15) is 6.54 Å². The smallest absolute Gasteiger partial charge is 0.330 e. The SMILES string of the molecule is CC(C)N(CC(F)(F)F)C(=O)CNC1CC1. The van der Waals surface area contributed by atoms with Gasteiger partial charge in [0.05, 0.1) is 6.54 Å². The third-order valence-corrected chi connectivity index (χ3v) is 2.41. The van der Waals surface area contributed by atoms with E-state index in [4.69, 9.17) is 0 Å². The second-order valence-electron chi connectivity index (χ2n) is 4.39. The molecule has 0 aliphatic heterocycles. The molecule has 0 atom stereocenters. The minimum absolute atomic E-state index is 0.00106.